The van der Waals surface area contributed by atoms with Crippen LogP contribution in [0.3, 0.4) is 0 Å². The Bertz CT molecular complexity index is 2970. The first-order chi connectivity index (χ1) is 44.2. The van der Waals surface area contributed by atoms with E-state index in [1.807, 2.05) is 65.8 Å². The smallest absolute Gasteiger partial charge is 0.870 e. The average molecular weight is 1320 g/mol. The number of benzene rings is 6. The summed E-state index contributed by atoms with van der Waals surface area (Å²) in [5, 5.41) is 10.6. The molecule has 508 valence electrons. The maximum atomic E-state index is 14.3. The molecule has 0 aromatic heterocycles. The van der Waals surface area contributed by atoms with Gasteiger partial charge in [0.15, 0.2) is 0 Å². The van der Waals surface area contributed by atoms with Gasteiger partial charge in [-0.3, -0.25) is 19.2 Å². The Kier molecular flexibility index (Phi) is 37.0. The van der Waals surface area contributed by atoms with Gasteiger partial charge in [0.25, 0.3) is 0 Å². The van der Waals surface area contributed by atoms with Gasteiger partial charge in [-0.05, 0) is 134 Å². The van der Waals surface area contributed by atoms with Gasteiger partial charge in [0.2, 0.25) is 0 Å². The third-order valence-electron chi connectivity index (χ3n) is 18.6. The van der Waals surface area contributed by atoms with Crippen LogP contribution < -0.4 is 18.9 Å². The first kappa shape index (κ1) is 82.6. The number of ether oxygens (including phenoxy) is 5. The number of aliphatic hydroxyl groups is 1. The average Bonchev–Trinajstić information content (AvgIpc) is 0.773. The molecule has 1 heterocycles. The zero-order chi connectivity index (χ0) is 67.2. The number of hydrogen-bond acceptors (Lipinski definition) is 13. The van der Waals surface area contributed by atoms with Gasteiger partial charge in [-0.25, -0.2) is 0 Å². The SMILES string of the molecule is CCC(C)CC(CC(CC(C)(CC(C)C(=O)OC)C(=O)OCC1CO1)(c1ccccc1)c1ccccc1)c1ccccc1.CCS.CCSCC(O)COC(=O)C(C)(CC(C)C(=O)OC)CC(CC(CC(C)CC)c1ccccc1)(c1ccccc1)c1ccccc1.[Li+].[OH-]. The standard InChI is InChI=1S/C40H54O5S.C38H48O5.C2H6S.Li.H2O/c1-7-30(3)24-33(32-18-12-9-13-19-32)26-40(34-20-14-10-15-21-34,35-22-16-11-17-23-35)29-39(5,25-31(4)37(42)44-6)38(43)45-27-36(41)28-46-8-2;1-6-28(2)22-31(30-16-10-7-11-17-30)24-38(32-18-12-8-13-19-32,33-20-14-9-15-21-33)27-37(4,23-29(3)35(39)41-5)36(40)43-26-34-25-42-34;1-2-3;;/h9-23,30-31,33,36,41H,7-8,24-29H2,1-6H3;7-21,28-29,31,34H,6,22-27H2,1-5H3;3H,2H2,1H3;;1H2/q;;;+1;/p-1. The number of aliphatic hydroxyl groups excluding tert-OH is 1. The molecule has 0 bridgehead atoms. The molecule has 1 saturated heterocycles. The Morgan fingerprint density at radius 3 is 1.14 bits per heavy atom. The van der Waals surface area contributed by atoms with Crippen LogP contribution in [-0.4, -0.2) is 98.0 Å². The quantitative estimate of drug-likeness (QED) is 0.0127. The summed E-state index contributed by atoms with van der Waals surface area (Å²) in [5.41, 5.74) is 3.93. The van der Waals surface area contributed by atoms with Gasteiger partial charge in [0.1, 0.15) is 19.3 Å². The number of hydrogen-bond donors (Lipinski definition) is 2. The minimum absolute atomic E-state index is 0. The fraction of sp³-hybridized carbons (Fsp3) is 0.500. The van der Waals surface area contributed by atoms with Gasteiger partial charge in [-0.15, -0.1) is 0 Å². The monoisotopic (exact) mass is 1320 g/mol. The Labute approximate surface area is 586 Å². The molecule has 0 amide bonds. The molecule has 2 N–H and O–H groups in total. The molecule has 94 heavy (non-hydrogen) atoms. The van der Waals surface area contributed by atoms with Gasteiger partial charge < -0.3 is 34.3 Å². The summed E-state index contributed by atoms with van der Waals surface area (Å²) in [4.78, 5) is 54.0. The summed E-state index contributed by atoms with van der Waals surface area (Å²) >= 11 is 5.39. The number of epoxide rings is 1. The normalized spacial score (nSPS) is 16.1. The predicted octanol–water partition coefficient (Wildman–Crippen LogP) is 14.7. The minimum Gasteiger partial charge on any atom is -0.870 e. The van der Waals surface area contributed by atoms with Crippen molar-refractivity contribution < 1.29 is 72.3 Å². The number of methoxy groups -OCH3 is 2. The first-order valence-corrected chi connectivity index (χ1v) is 35.3. The van der Waals surface area contributed by atoms with E-state index in [1.165, 1.54) is 25.3 Å². The summed E-state index contributed by atoms with van der Waals surface area (Å²) in [6.07, 6.45) is 6.42. The molecule has 10 unspecified atom stereocenters. The van der Waals surface area contributed by atoms with E-state index in [0.717, 1.165) is 72.3 Å². The van der Waals surface area contributed by atoms with Crippen molar-refractivity contribution in [2.24, 2.45) is 34.5 Å². The maximum Gasteiger partial charge on any atom is 1.00 e. The van der Waals surface area contributed by atoms with Crippen molar-refractivity contribution in [1.82, 2.24) is 0 Å². The van der Waals surface area contributed by atoms with Crippen molar-refractivity contribution in [3.8, 4) is 0 Å². The van der Waals surface area contributed by atoms with Crippen LogP contribution in [-0.2, 0) is 53.7 Å². The van der Waals surface area contributed by atoms with E-state index < -0.39 is 45.6 Å². The molecule has 1 fully saturated rings. The molecule has 6 aromatic rings. The van der Waals surface area contributed by atoms with Crippen LogP contribution in [0.15, 0.2) is 182 Å². The molecular formula is C80H109LiO11S2. The number of rotatable bonds is 35. The second-order valence-corrected chi connectivity index (χ2v) is 28.2. The Hall–Kier alpha value is -5.62. The molecule has 14 heteroatoms. The number of thioether (sulfide) groups is 1. The number of esters is 4. The minimum atomic E-state index is -1.07. The summed E-state index contributed by atoms with van der Waals surface area (Å²) < 4.78 is 27.4. The third-order valence-corrected chi connectivity index (χ3v) is 19.6. The molecule has 0 aliphatic carbocycles. The molecule has 1 aliphatic rings. The van der Waals surface area contributed by atoms with E-state index in [2.05, 4.69) is 198 Å². The Morgan fingerprint density at radius 2 is 0.851 bits per heavy atom. The van der Waals surface area contributed by atoms with E-state index in [1.54, 1.807) is 11.8 Å². The Balaban J connectivity index is 0.000000462. The van der Waals surface area contributed by atoms with Crippen LogP contribution in [0, 0.1) is 34.5 Å². The maximum absolute atomic E-state index is 14.3. The molecule has 0 radical (unpaired) electrons. The van der Waals surface area contributed by atoms with Crippen molar-refractivity contribution >= 4 is 48.3 Å². The van der Waals surface area contributed by atoms with Crippen molar-refractivity contribution in [1.29, 1.82) is 0 Å². The van der Waals surface area contributed by atoms with Gasteiger partial charge in [0, 0.05) is 16.6 Å². The molecule has 7 rings (SSSR count). The second-order valence-electron chi connectivity index (χ2n) is 26.3. The third kappa shape index (κ3) is 24.8. The molecule has 0 spiro atoms. The zero-order valence-electron chi connectivity index (χ0n) is 58.7. The summed E-state index contributed by atoms with van der Waals surface area (Å²) in [7, 11) is 2.78. The summed E-state index contributed by atoms with van der Waals surface area (Å²) in [6, 6.07) is 63.6. The zero-order valence-corrected chi connectivity index (χ0v) is 60.4. The van der Waals surface area contributed by atoms with E-state index in [4.69, 9.17) is 23.7 Å². The Morgan fingerprint density at radius 1 is 0.543 bits per heavy atom. The number of carbonyl (C=O) groups is 4. The molecule has 1 aliphatic heterocycles. The van der Waals surface area contributed by atoms with Crippen LogP contribution >= 0.6 is 24.4 Å². The van der Waals surface area contributed by atoms with Crippen molar-refractivity contribution in [3.05, 3.63) is 215 Å². The molecule has 10 atom stereocenters. The number of thiol groups is 1. The second kappa shape index (κ2) is 42.1. The first-order valence-electron chi connectivity index (χ1n) is 33.5. The molecule has 6 aromatic carbocycles. The molecular weight excluding hydrogens is 1210 g/mol. The van der Waals surface area contributed by atoms with E-state index >= 15 is 0 Å². The van der Waals surface area contributed by atoms with Gasteiger partial charge in [-0.2, -0.15) is 24.4 Å². The fourth-order valence-corrected chi connectivity index (χ4v) is 14.1. The summed E-state index contributed by atoms with van der Waals surface area (Å²) in [5.74, 6) is 1.41. The largest absolute Gasteiger partial charge is 1.00 e. The van der Waals surface area contributed by atoms with E-state index in [0.29, 0.717) is 43.5 Å². The van der Waals surface area contributed by atoms with Crippen LogP contribution in [0.2, 0.25) is 0 Å². The summed E-state index contributed by atoms with van der Waals surface area (Å²) in [6.45, 7) is 21.4. The van der Waals surface area contributed by atoms with Crippen LogP contribution in [0.25, 0.3) is 0 Å². The van der Waals surface area contributed by atoms with Gasteiger partial charge >= 0.3 is 42.7 Å². The van der Waals surface area contributed by atoms with Gasteiger partial charge in [-0.1, -0.05) is 250 Å². The van der Waals surface area contributed by atoms with E-state index in [-0.39, 0.29) is 79.8 Å². The van der Waals surface area contributed by atoms with Crippen LogP contribution in [0.4, 0.5) is 0 Å². The van der Waals surface area contributed by atoms with E-state index in [9.17, 15) is 24.3 Å². The van der Waals surface area contributed by atoms with Crippen molar-refractivity contribution in [2.75, 3.05) is 51.3 Å². The van der Waals surface area contributed by atoms with Crippen molar-refractivity contribution in [3.63, 3.8) is 0 Å². The van der Waals surface area contributed by atoms with Gasteiger partial charge in [0.05, 0.1) is 49.6 Å². The van der Waals surface area contributed by atoms with Crippen LogP contribution in [0.5, 0.6) is 0 Å². The number of carbonyl (C=O) groups excluding carboxylic acids is 4. The molecule has 11 nitrogen and oxygen atoms in total. The predicted molar refractivity (Wildman–Crippen MR) is 382 cm³/mol. The fourth-order valence-electron chi connectivity index (χ4n) is 13.5. The van der Waals surface area contributed by atoms with Crippen LogP contribution in [0.1, 0.15) is 179 Å². The topological polar surface area (TPSA) is 168 Å². The molecule has 0 saturated carbocycles. The van der Waals surface area contributed by atoms with Crippen molar-refractivity contribution in [2.45, 2.75) is 168 Å².